The Bertz CT molecular complexity index is 1960. The summed E-state index contributed by atoms with van der Waals surface area (Å²) in [6.07, 6.45) is 6.22. The Kier molecular flexibility index (Phi) is 6.30. The minimum absolute atomic E-state index is 0.111. The van der Waals surface area contributed by atoms with Gasteiger partial charge in [0.25, 0.3) is 0 Å². The van der Waals surface area contributed by atoms with Crippen molar-refractivity contribution in [3.63, 3.8) is 0 Å². The second kappa shape index (κ2) is 9.65. The number of aryl methyl sites for hydroxylation is 1. The zero-order chi connectivity index (χ0) is 30.4. The third-order valence-corrected chi connectivity index (χ3v) is 11.0. The van der Waals surface area contributed by atoms with Crippen molar-refractivity contribution in [2.45, 2.75) is 56.4 Å². The van der Waals surface area contributed by atoms with Crippen LogP contribution in [0, 0.1) is 5.82 Å². The number of nitrogens with one attached hydrogen (secondary N) is 1. The largest absolute Gasteiger partial charge is 0.490 e. The maximum absolute atomic E-state index is 16.1. The molecule has 4 aromatic rings. The topological polar surface area (TPSA) is 115 Å². The van der Waals surface area contributed by atoms with Crippen LogP contribution in [-0.2, 0) is 22.6 Å². The minimum Gasteiger partial charge on any atom is -0.490 e. The van der Waals surface area contributed by atoms with Gasteiger partial charge in [-0.3, -0.25) is 18.8 Å². The monoisotopic (exact) mass is 609 g/mol. The molecule has 3 aromatic heterocycles. The molecule has 5 heterocycles. The van der Waals surface area contributed by atoms with Gasteiger partial charge in [-0.05, 0) is 59.7 Å². The Morgan fingerprint density at radius 1 is 1.09 bits per heavy atom. The number of aromatic nitrogens is 4. The van der Waals surface area contributed by atoms with Gasteiger partial charge in [-0.25, -0.2) is 22.6 Å². The highest BCUT2D eigenvalue weighted by Gasteiger charge is 2.38. The number of sulfonamides is 1. The lowest BCUT2D eigenvalue weighted by Gasteiger charge is -2.36. The van der Waals surface area contributed by atoms with E-state index in [-0.39, 0.29) is 23.6 Å². The van der Waals surface area contributed by atoms with E-state index in [4.69, 9.17) is 9.72 Å². The lowest BCUT2D eigenvalue weighted by molar-refractivity contribution is 0.189. The number of rotatable bonds is 6. The summed E-state index contributed by atoms with van der Waals surface area (Å²) in [5.74, 6) is 0.215. The molecular weight excluding hydrogens is 573 g/mol. The van der Waals surface area contributed by atoms with E-state index in [9.17, 15) is 13.2 Å². The van der Waals surface area contributed by atoms with E-state index in [1.165, 1.54) is 6.07 Å². The Labute approximate surface area is 249 Å². The van der Waals surface area contributed by atoms with Crippen molar-refractivity contribution in [1.82, 2.24) is 24.0 Å². The highest BCUT2D eigenvalue weighted by atomic mass is 32.2. The molecule has 7 rings (SSSR count). The quantitative estimate of drug-likeness (QED) is 0.353. The molecule has 0 amide bonds. The number of pyridine rings is 2. The van der Waals surface area contributed by atoms with E-state index in [1.807, 2.05) is 13.8 Å². The average molecular weight is 610 g/mol. The Morgan fingerprint density at radius 2 is 1.81 bits per heavy atom. The second-order valence-electron chi connectivity index (χ2n) is 12.9. The highest BCUT2D eigenvalue weighted by Crippen LogP contribution is 2.46. The predicted octanol–water partition coefficient (Wildman–Crippen LogP) is 3.65. The molecule has 1 aromatic carbocycles. The van der Waals surface area contributed by atoms with Crippen molar-refractivity contribution in [2.24, 2.45) is 7.05 Å². The maximum Gasteiger partial charge on any atom is 0.329 e. The molecule has 3 aliphatic rings. The molecule has 0 radical (unpaired) electrons. The molecule has 228 valence electrons. The number of piperidine rings is 1. The van der Waals surface area contributed by atoms with Crippen LogP contribution in [0.25, 0.3) is 33.1 Å². The summed E-state index contributed by atoms with van der Waals surface area (Å²) in [5, 5.41) is 0.0948. The van der Waals surface area contributed by atoms with E-state index < -0.39 is 26.6 Å². The zero-order valence-electron chi connectivity index (χ0n) is 25.0. The first-order chi connectivity index (χ1) is 20.4. The summed E-state index contributed by atoms with van der Waals surface area (Å²) in [6, 6.07) is 3.44. The van der Waals surface area contributed by atoms with Gasteiger partial charge in [0.15, 0.2) is 5.82 Å². The zero-order valence-corrected chi connectivity index (χ0v) is 25.8. The number of benzene rings is 1. The summed E-state index contributed by atoms with van der Waals surface area (Å²) >= 11 is 0. The smallest absolute Gasteiger partial charge is 0.329 e. The van der Waals surface area contributed by atoms with Gasteiger partial charge in [-0.2, -0.15) is 0 Å². The lowest BCUT2D eigenvalue weighted by Crippen LogP contribution is -2.42. The predicted molar refractivity (Wildman–Crippen MR) is 165 cm³/mol. The first kappa shape index (κ1) is 28.1. The van der Waals surface area contributed by atoms with Crippen molar-refractivity contribution < 1.29 is 17.5 Å². The van der Waals surface area contributed by atoms with E-state index in [2.05, 4.69) is 33.6 Å². The fraction of sp³-hybridized carbons (Fsp3) is 0.500. The van der Waals surface area contributed by atoms with Crippen LogP contribution in [0.5, 0.6) is 5.75 Å². The molecule has 13 heteroatoms. The van der Waals surface area contributed by atoms with Crippen molar-refractivity contribution in [1.29, 1.82) is 0 Å². The maximum atomic E-state index is 16.1. The normalized spacial score (nSPS) is 18.9. The van der Waals surface area contributed by atoms with Gasteiger partial charge in [0.05, 0.1) is 50.2 Å². The van der Waals surface area contributed by atoms with Gasteiger partial charge < -0.3 is 14.5 Å². The molecule has 0 bridgehead atoms. The van der Waals surface area contributed by atoms with Gasteiger partial charge in [-0.1, -0.05) is 0 Å². The highest BCUT2D eigenvalue weighted by molar-refractivity contribution is 7.93. The van der Waals surface area contributed by atoms with Crippen molar-refractivity contribution in [3.8, 4) is 16.9 Å². The van der Waals surface area contributed by atoms with Crippen LogP contribution in [0.2, 0.25) is 0 Å². The number of hydrogen-bond acceptors (Lipinski definition) is 8. The SMILES string of the molecule is CN(C)C1CCN(c2ncc(-c3c(F)cc4ncc5c6c4c3OCC(C)(C)n6c(=O)n5C)cc2NS(=O)(=O)C2CC2)CC1. The summed E-state index contributed by atoms with van der Waals surface area (Å²) < 4.78 is 54.8. The van der Waals surface area contributed by atoms with Gasteiger partial charge in [0.2, 0.25) is 10.0 Å². The molecule has 1 aliphatic carbocycles. The number of imidazole rings is 1. The van der Waals surface area contributed by atoms with Crippen molar-refractivity contribution in [3.05, 3.63) is 40.8 Å². The molecule has 2 fully saturated rings. The number of hydrogen-bond donors (Lipinski definition) is 1. The Hall–Kier alpha value is -3.71. The van der Waals surface area contributed by atoms with Crippen LogP contribution >= 0.6 is 0 Å². The van der Waals surface area contributed by atoms with Crippen LogP contribution in [0.15, 0.2) is 29.3 Å². The van der Waals surface area contributed by atoms with Gasteiger partial charge in [0, 0.05) is 44.0 Å². The second-order valence-corrected chi connectivity index (χ2v) is 14.8. The number of anilines is 2. The van der Waals surface area contributed by atoms with Crippen LogP contribution in [-0.4, -0.2) is 77.5 Å². The summed E-state index contributed by atoms with van der Waals surface area (Å²) in [5.41, 5.74) is 1.50. The van der Waals surface area contributed by atoms with Gasteiger partial charge >= 0.3 is 5.69 Å². The Morgan fingerprint density at radius 3 is 2.49 bits per heavy atom. The third kappa shape index (κ3) is 4.46. The molecule has 43 heavy (non-hydrogen) atoms. The van der Waals surface area contributed by atoms with Crippen molar-refractivity contribution in [2.75, 3.05) is 43.4 Å². The molecule has 0 spiro atoms. The van der Waals surface area contributed by atoms with Crippen LogP contribution in [0.1, 0.15) is 39.5 Å². The molecule has 0 unspecified atom stereocenters. The van der Waals surface area contributed by atoms with E-state index >= 15 is 4.39 Å². The molecular formula is C30H36FN7O4S. The van der Waals surface area contributed by atoms with E-state index in [0.717, 1.165) is 25.9 Å². The van der Waals surface area contributed by atoms with Crippen molar-refractivity contribution >= 4 is 43.5 Å². The number of nitrogens with zero attached hydrogens (tertiary/aromatic N) is 6. The summed E-state index contributed by atoms with van der Waals surface area (Å²) in [4.78, 5) is 26.9. The first-order valence-electron chi connectivity index (χ1n) is 14.7. The minimum atomic E-state index is -3.63. The Balaban J connectivity index is 1.42. The molecule has 2 aliphatic heterocycles. The van der Waals surface area contributed by atoms with Crippen LogP contribution in [0.4, 0.5) is 15.9 Å². The molecule has 11 nitrogen and oxygen atoms in total. The fourth-order valence-electron chi connectivity index (χ4n) is 6.50. The molecule has 0 atom stereocenters. The molecule has 1 N–H and O–H groups in total. The molecule has 1 saturated carbocycles. The number of ether oxygens (including phenoxy) is 1. The van der Waals surface area contributed by atoms with Crippen LogP contribution in [0.3, 0.4) is 0 Å². The summed E-state index contributed by atoms with van der Waals surface area (Å²) in [7, 11) is 2.20. The average Bonchev–Trinajstić information content (AvgIpc) is 3.79. The summed E-state index contributed by atoms with van der Waals surface area (Å²) in [6.45, 7) is 5.36. The van der Waals surface area contributed by atoms with E-state index in [1.54, 1.807) is 34.6 Å². The molecule has 1 saturated heterocycles. The first-order valence-corrected chi connectivity index (χ1v) is 16.2. The fourth-order valence-corrected chi connectivity index (χ4v) is 7.88. The number of halogens is 1. The van der Waals surface area contributed by atoms with Gasteiger partial charge in [0.1, 0.15) is 18.2 Å². The van der Waals surface area contributed by atoms with E-state index in [0.29, 0.717) is 57.9 Å². The standard InChI is InChI=1S/C30H36FN7O4S/c1-30(2)16-42-27-24(20(31)13-21-25(27)26-23(15-32-21)36(5)29(39)38(26)30)17-12-22(34-43(40,41)19-6-7-19)28(33-14-17)37-10-8-18(9-11-37)35(3)4/h12-15,18-19,34H,6-11,16H2,1-5H3. The third-order valence-electron chi connectivity index (χ3n) is 9.12. The lowest BCUT2D eigenvalue weighted by atomic mass is 10.0. The van der Waals surface area contributed by atoms with Crippen LogP contribution < -0.4 is 20.0 Å². The van der Waals surface area contributed by atoms with Gasteiger partial charge in [-0.15, -0.1) is 0 Å².